The van der Waals surface area contributed by atoms with Crippen LogP contribution in [-0.4, -0.2) is 26.4 Å². The zero-order valence-corrected chi connectivity index (χ0v) is 17.7. The van der Waals surface area contributed by atoms with Crippen LogP contribution < -0.4 is 5.32 Å². The molecule has 0 aliphatic rings. The monoisotopic (exact) mass is 428 g/mol. The van der Waals surface area contributed by atoms with E-state index in [9.17, 15) is 4.79 Å². The van der Waals surface area contributed by atoms with Crippen molar-refractivity contribution in [2.45, 2.75) is 12.1 Å². The minimum atomic E-state index is -0.122. The molecule has 4 aromatic rings. The van der Waals surface area contributed by atoms with Gasteiger partial charge in [-0.15, -0.1) is 10.2 Å². The van der Waals surface area contributed by atoms with Crippen LogP contribution in [0.5, 0.6) is 0 Å². The molecule has 0 atom stereocenters. The van der Waals surface area contributed by atoms with E-state index in [0.29, 0.717) is 16.5 Å². The van der Waals surface area contributed by atoms with Crippen molar-refractivity contribution in [3.05, 3.63) is 90.8 Å². The maximum atomic E-state index is 12.4. The molecular formula is C23H20N6OS. The van der Waals surface area contributed by atoms with Gasteiger partial charge in [-0.2, -0.15) is 10.2 Å². The highest BCUT2D eigenvalue weighted by molar-refractivity contribution is 7.99. The van der Waals surface area contributed by atoms with E-state index in [1.54, 1.807) is 18.5 Å². The Bertz CT molecular complexity index is 1190. The number of thioether (sulfide) groups is 1. The van der Waals surface area contributed by atoms with Crippen LogP contribution in [0.15, 0.2) is 101 Å². The second-order valence-corrected chi connectivity index (χ2v) is 7.63. The van der Waals surface area contributed by atoms with Crippen LogP contribution in [0.2, 0.25) is 0 Å². The van der Waals surface area contributed by atoms with Crippen LogP contribution in [0.1, 0.15) is 5.56 Å². The molecule has 1 heterocycles. The lowest BCUT2D eigenvalue weighted by atomic mass is 10.2. The number of anilines is 1. The van der Waals surface area contributed by atoms with Crippen molar-refractivity contribution in [3.8, 4) is 5.69 Å². The Labute approximate surface area is 184 Å². The molecule has 0 radical (unpaired) electrons. The predicted octanol–water partition coefficient (Wildman–Crippen LogP) is 5.72. The topological polar surface area (TPSA) is 84.5 Å². The molecule has 1 aromatic heterocycles. The molecule has 0 saturated heterocycles. The molecule has 7 nitrogen and oxygen atoms in total. The number of hydrogen-bond acceptors (Lipinski definition) is 6. The Kier molecular flexibility index (Phi) is 6.49. The Morgan fingerprint density at radius 1 is 0.935 bits per heavy atom. The summed E-state index contributed by atoms with van der Waals surface area (Å²) in [5.41, 5.74) is 4.30. The summed E-state index contributed by atoms with van der Waals surface area (Å²) in [5.74, 6) is 0.100. The first kappa shape index (κ1) is 20.5. The molecule has 0 aliphatic heterocycles. The van der Waals surface area contributed by atoms with E-state index < -0.39 is 0 Å². The summed E-state index contributed by atoms with van der Waals surface area (Å²) in [6.45, 7) is 2.03. The van der Waals surface area contributed by atoms with Crippen molar-refractivity contribution in [1.82, 2.24) is 14.8 Å². The number of hydrogen-bond donors (Lipinski definition) is 1. The van der Waals surface area contributed by atoms with Crippen molar-refractivity contribution in [3.63, 3.8) is 0 Å². The van der Waals surface area contributed by atoms with Crippen LogP contribution in [-0.2, 0) is 4.79 Å². The van der Waals surface area contributed by atoms with E-state index in [-0.39, 0.29) is 11.7 Å². The Morgan fingerprint density at radius 3 is 2.35 bits per heavy atom. The standard InChI is InChI=1S/C23H20N6OS/c1-17-7-5-6-10-21(17)29-16-24-28-23(29)31-15-22(30)25-18-11-13-20(14-12-18)27-26-19-8-3-2-4-9-19/h2-14,16H,15H2,1H3,(H,25,30). The second kappa shape index (κ2) is 9.82. The predicted molar refractivity (Wildman–Crippen MR) is 123 cm³/mol. The van der Waals surface area contributed by atoms with E-state index in [0.717, 1.165) is 16.9 Å². The number of aromatic nitrogens is 3. The van der Waals surface area contributed by atoms with Crippen molar-refractivity contribution >= 4 is 34.7 Å². The zero-order valence-electron chi connectivity index (χ0n) is 16.8. The third-order valence-corrected chi connectivity index (χ3v) is 5.36. The molecule has 0 fully saturated rings. The molecule has 1 amide bonds. The number of carbonyl (C=O) groups excluding carboxylic acids is 1. The molecule has 0 saturated carbocycles. The molecule has 0 aliphatic carbocycles. The van der Waals surface area contributed by atoms with Crippen LogP contribution in [0.25, 0.3) is 5.69 Å². The molecule has 154 valence electrons. The fourth-order valence-corrected chi connectivity index (χ4v) is 3.59. The highest BCUT2D eigenvalue weighted by Gasteiger charge is 2.11. The molecule has 4 rings (SSSR count). The van der Waals surface area contributed by atoms with Gasteiger partial charge in [-0.25, -0.2) is 0 Å². The number of azo groups is 1. The summed E-state index contributed by atoms with van der Waals surface area (Å²) in [4.78, 5) is 12.4. The van der Waals surface area contributed by atoms with Crippen LogP contribution in [0.3, 0.4) is 0 Å². The number of para-hydroxylation sites is 1. The van der Waals surface area contributed by atoms with Gasteiger partial charge >= 0.3 is 0 Å². The number of carbonyl (C=O) groups is 1. The van der Waals surface area contributed by atoms with Gasteiger partial charge in [0.1, 0.15) is 6.33 Å². The SMILES string of the molecule is Cc1ccccc1-n1cnnc1SCC(=O)Nc1ccc(N=Nc2ccccc2)cc1. The third-order valence-electron chi connectivity index (χ3n) is 4.41. The van der Waals surface area contributed by atoms with Crippen LogP contribution in [0, 0.1) is 6.92 Å². The van der Waals surface area contributed by atoms with E-state index >= 15 is 0 Å². The summed E-state index contributed by atoms with van der Waals surface area (Å²) in [5, 5.41) is 20.1. The number of rotatable bonds is 7. The summed E-state index contributed by atoms with van der Waals surface area (Å²) >= 11 is 1.34. The smallest absolute Gasteiger partial charge is 0.234 e. The number of nitrogens with zero attached hydrogens (tertiary/aromatic N) is 5. The van der Waals surface area contributed by atoms with Gasteiger partial charge in [0.25, 0.3) is 0 Å². The minimum absolute atomic E-state index is 0.122. The lowest BCUT2D eigenvalue weighted by Crippen LogP contribution is -2.14. The van der Waals surface area contributed by atoms with Crippen molar-refractivity contribution in [2.75, 3.05) is 11.1 Å². The van der Waals surface area contributed by atoms with E-state index in [1.165, 1.54) is 11.8 Å². The van der Waals surface area contributed by atoms with Crippen molar-refractivity contribution in [2.24, 2.45) is 10.2 Å². The zero-order chi connectivity index (χ0) is 21.5. The molecule has 1 N–H and O–H groups in total. The van der Waals surface area contributed by atoms with Crippen LogP contribution in [0.4, 0.5) is 17.1 Å². The molecule has 0 bridgehead atoms. The van der Waals surface area contributed by atoms with Gasteiger partial charge in [0, 0.05) is 5.69 Å². The molecule has 3 aromatic carbocycles. The molecule has 31 heavy (non-hydrogen) atoms. The lowest BCUT2D eigenvalue weighted by Gasteiger charge is -2.09. The Morgan fingerprint density at radius 2 is 1.61 bits per heavy atom. The van der Waals surface area contributed by atoms with Crippen molar-refractivity contribution < 1.29 is 4.79 Å². The number of nitrogens with one attached hydrogen (secondary N) is 1. The third kappa shape index (κ3) is 5.43. The van der Waals surface area contributed by atoms with Gasteiger partial charge in [-0.3, -0.25) is 9.36 Å². The average Bonchev–Trinajstić information content (AvgIpc) is 3.27. The van der Waals surface area contributed by atoms with Gasteiger partial charge in [0.2, 0.25) is 5.91 Å². The molecule has 0 unspecified atom stereocenters. The largest absolute Gasteiger partial charge is 0.325 e. The number of benzene rings is 3. The maximum absolute atomic E-state index is 12.4. The van der Waals surface area contributed by atoms with Gasteiger partial charge < -0.3 is 5.32 Å². The fourth-order valence-electron chi connectivity index (χ4n) is 2.87. The average molecular weight is 429 g/mol. The first-order valence-corrected chi connectivity index (χ1v) is 10.6. The Hall–Kier alpha value is -3.78. The first-order chi connectivity index (χ1) is 15.2. The van der Waals surface area contributed by atoms with E-state index in [2.05, 4.69) is 25.7 Å². The first-order valence-electron chi connectivity index (χ1n) is 9.64. The second-order valence-electron chi connectivity index (χ2n) is 6.69. The van der Waals surface area contributed by atoms with E-state index in [1.807, 2.05) is 78.2 Å². The molecule has 0 spiro atoms. The van der Waals surface area contributed by atoms with Crippen molar-refractivity contribution in [1.29, 1.82) is 0 Å². The van der Waals surface area contributed by atoms with Crippen LogP contribution >= 0.6 is 11.8 Å². The molecular weight excluding hydrogens is 408 g/mol. The van der Waals surface area contributed by atoms with Gasteiger partial charge in [0.15, 0.2) is 5.16 Å². The maximum Gasteiger partial charge on any atom is 0.234 e. The molecule has 8 heteroatoms. The summed E-state index contributed by atoms with van der Waals surface area (Å²) < 4.78 is 1.89. The number of amides is 1. The summed E-state index contributed by atoms with van der Waals surface area (Å²) in [6.07, 6.45) is 1.66. The lowest BCUT2D eigenvalue weighted by molar-refractivity contribution is -0.113. The highest BCUT2D eigenvalue weighted by atomic mass is 32.2. The van der Waals surface area contributed by atoms with Gasteiger partial charge in [-0.05, 0) is 55.0 Å². The fraction of sp³-hybridized carbons (Fsp3) is 0.0870. The Balaban J connectivity index is 1.33. The normalized spacial score (nSPS) is 11.0. The van der Waals surface area contributed by atoms with E-state index in [4.69, 9.17) is 0 Å². The van der Waals surface area contributed by atoms with Gasteiger partial charge in [0.05, 0.1) is 22.8 Å². The minimum Gasteiger partial charge on any atom is -0.325 e. The highest BCUT2D eigenvalue weighted by Crippen LogP contribution is 2.23. The van der Waals surface area contributed by atoms with Gasteiger partial charge in [-0.1, -0.05) is 48.2 Å². The number of aryl methyl sites for hydroxylation is 1. The summed E-state index contributed by atoms with van der Waals surface area (Å²) in [7, 11) is 0. The summed E-state index contributed by atoms with van der Waals surface area (Å²) in [6, 6.07) is 24.7. The quantitative estimate of drug-likeness (QED) is 0.301.